The molecule has 3 nitrogen and oxygen atoms in total. The molecule has 0 bridgehead atoms. The summed E-state index contributed by atoms with van der Waals surface area (Å²) < 4.78 is 10.4. The zero-order valence-electron chi connectivity index (χ0n) is 11.5. The van der Waals surface area contributed by atoms with Gasteiger partial charge in [-0.05, 0) is 24.1 Å². The zero-order valence-corrected chi connectivity index (χ0v) is 11.5. The summed E-state index contributed by atoms with van der Waals surface area (Å²) in [7, 11) is 0. The summed E-state index contributed by atoms with van der Waals surface area (Å²) in [6.07, 6.45) is 3.55. The molecular formula is C16H20O3. The highest BCUT2D eigenvalue weighted by Gasteiger charge is 2.15. The number of esters is 1. The highest BCUT2D eigenvalue weighted by Crippen LogP contribution is 2.14. The van der Waals surface area contributed by atoms with Crippen molar-refractivity contribution in [1.82, 2.24) is 0 Å². The van der Waals surface area contributed by atoms with Crippen LogP contribution in [0.4, 0.5) is 0 Å². The van der Waals surface area contributed by atoms with E-state index in [2.05, 4.69) is 6.58 Å². The number of rotatable bonds is 7. The van der Waals surface area contributed by atoms with Gasteiger partial charge in [0.25, 0.3) is 0 Å². The van der Waals surface area contributed by atoms with Crippen LogP contribution in [0.25, 0.3) is 0 Å². The van der Waals surface area contributed by atoms with E-state index in [-0.39, 0.29) is 12.1 Å². The van der Waals surface area contributed by atoms with Gasteiger partial charge in [0.1, 0.15) is 6.10 Å². The van der Waals surface area contributed by atoms with Crippen molar-refractivity contribution in [2.75, 3.05) is 6.61 Å². The van der Waals surface area contributed by atoms with Crippen molar-refractivity contribution in [2.24, 2.45) is 0 Å². The average Bonchev–Trinajstić information content (AvgIpc) is 2.39. The minimum absolute atomic E-state index is 0.313. The second-order valence-electron chi connectivity index (χ2n) is 4.12. The Hall–Kier alpha value is -2.03. The number of ether oxygens (including phenoxy) is 2. The molecule has 3 heteroatoms. The quantitative estimate of drug-likeness (QED) is 0.429. The first-order valence-electron chi connectivity index (χ1n) is 6.31. The molecular weight excluding hydrogens is 240 g/mol. The molecule has 0 aromatic heterocycles. The molecule has 1 rings (SSSR count). The first-order chi connectivity index (χ1) is 9.13. The normalized spacial score (nSPS) is 12.1. The minimum Gasteiger partial charge on any atom is -0.501 e. The topological polar surface area (TPSA) is 35.5 Å². The summed E-state index contributed by atoms with van der Waals surface area (Å²) in [4.78, 5) is 11.2. The lowest BCUT2D eigenvalue weighted by atomic mass is 10.0. The van der Waals surface area contributed by atoms with Gasteiger partial charge >= 0.3 is 5.97 Å². The third-order valence-electron chi connectivity index (χ3n) is 2.53. The van der Waals surface area contributed by atoms with Crippen LogP contribution in [0.15, 0.2) is 54.8 Å². The van der Waals surface area contributed by atoms with E-state index in [0.717, 1.165) is 5.56 Å². The van der Waals surface area contributed by atoms with Gasteiger partial charge in [-0.1, -0.05) is 36.9 Å². The Morgan fingerprint density at radius 1 is 1.37 bits per heavy atom. The Balaban J connectivity index is 2.71. The summed E-state index contributed by atoms with van der Waals surface area (Å²) in [6.45, 7) is 7.83. The summed E-state index contributed by atoms with van der Waals surface area (Å²) >= 11 is 0. The van der Waals surface area contributed by atoms with Gasteiger partial charge in [-0.3, -0.25) is 4.79 Å². The van der Waals surface area contributed by atoms with Crippen LogP contribution in [0.5, 0.6) is 0 Å². The third kappa shape index (κ3) is 5.91. The smallest absolute Gasteiger partial charge is 0.303 e. The van der Waals surface area contributed by atoms with Gasteiger partial charge in [-0.2, -0.15) is 0 Å². The summed E-state index contributed by atoms with van der Waals surface area (Å²) in [5.41, 5.74) is 1.81. The highest BCUT2D eigenvalue weighted by atomic mass is 16.5. The molecule has 0 saturated heterocycles. The van der Waals surface area contributed by atoms with Crippen LogP contribution in [0.2, 0.25) is 0 Å². The fraction of sp³-hybridized carbons (Fsp3) is 0.312. The van der Waals surface area contributed by atoms with E-state index in [1.54, 1.807) is 12.3 Å². The standard InChI is InChI=1S/C16H20O3/c1-4-18-11-10-13(2)16(19-14(3)17)12-15-8-6-5-7-9-15/h5-11,16H,2,4,12H2,1,3H3/b11-10-. The Morgan fingerprint density at radius 3 is 2.63 bits per heavy atom. The van der Waals surface area contributed by atoms with E-state index >= 15 is 0 Å². The second kappa shape index (κ2) is 8.14. The fourth-order valence-corrected chi connectivity index (χ4v) is 1.62. The molecule has 102 valence electrons. The van der Waals surface area contributed by atoms with Crippen LogP contribution in [-0.4, -0.2) is 18.7 Å². The number of hydrogen-bond acceptors (Lipinski definition) is 3. The van der Waals surface area contributed by atoms with Gasteiger partial charge in [0, 0.05) is 13.3 Å². The van der Waals surface area contributed by atoms with Crippen molar-refractivity contribution in [1.29, 1.82) is 0 Å². The van der Waals surface area contributed by atoms with E-state index in [0.29, 0.717) is 18.6 Å². The highest BCUT2D eigenvalue weighted by molar-refractivity contribution is 5.66. The molecule has 0 N–H and O–H groups in total. The van der Waals surface area contributed by atoms with Crippen molar-refractivity contribution in [3.8, 4) is 0 Å². The Morgan fingerprint density at radius 2 is 2.05 bits per heavy atom. The molecule has 0 aliphatic carbocycles. The molecule has 1 atom stereocenters. The minimum atomic E-state index is -0.364. The van der Waals surface area contributed by atoms with Gasteiger partial charge in [-0.25, -0.2) is 0 Å². The van der Waals surface area contributed by atoms with Crippen LogP contribution in [0.3, 0.4) is 0 Å². The molecule has 1 aromatic carbocycles. The number of hydrogen-bond donors (Lipinski definition) is 0. The molecule has 0 heterocycles. The van der Waals surface area contributed by atoms with Crippen molar-refractivity contribution in [3.63, 3.8) is 0 Å². The van der Waals surface area contributed by atoms with Crippen LogP contribution in [0.1, 0.15) is 19.4 Å². The van der Waals surface area contributed by atoms with Crippen molar-refractivity contribution >= 4 is 5.97 Å². The lowest BCUT2D eigenvalue weighted by Gasteiger charge is -2.17. The fourth-order valence-electron chi connectivity index (χ4n) is 1.62. The predicted octanol–water partition coefficient (Wildman–Crippen LogP) is 3.27. The van der Waals surface area contributed by atoms with Gasteiger partial charge in [0.05, 0.1) is 12.9 Å². The molecule has 0 aliphatic rings. The molecule has 0 aliphatic heterocycles. The molecule has 0 saturated carbocycles. The maximum atomic E-state index is 11.2. The lowest BCUT2D eigenvalue weighted by Crippen LogP contribution is -2.20. The predicted molar refractivity (Wildman–Crippen MR) is 75.6 cm³/mol. The Labute approximate surface area is 114 Å². The van der Waals surface area contributed by atoms with Gasteiger partial charge in [0.15, 0.2) is 0 Å². The Bertz CT molecular complexity index is 435. The Kier molecular flexibility index (Phi) is 6.44. The largest absolute Gasteiger partial charge is 0.501 e. The lowest BCUT2D eigenvalue weighted by molar-refractivity contribution is -0.144. The van der Waals surface area contributed by atoms with E-state index in [1.807, 2.05) is 37.3 Å². The van der Waals surface area contributed by atoms with E-state index in [1.165, 1.54) is 6.92 Å². The van der Waals surface area contributed by atoms with Crippen LogP contribution in [0, 0.1) is 0 Å². The van der Waals surface area contributed by atoms with Gasteiger partial charge in [-0.15, -0.1) is 0 Å². The number of benzene rings is 1. The van der Waals surface area contributed by atoms with Gasteiger partial charge in [0.2, 0.25) is 0 Å². The average molecular weight is 260 g/mol. The molecule has 1 aromatic rings. The molecule has 0 amide bonds. The van der Waals surface area contributed by atoms with E-state index in [4.69, 9.17) is 9.47 Å². The first-order valence-corrected chi connectivity index (χ1v) is 6.31. The molecule has 1 unspecified atom stereocenters. The first kappa shape index (κ1) is 15.0. The molecule has 0 fully saturated rings. The van der Waals surface area contributed by atoms with Crippen molar-refractivity contribution in [3.05, 3.63) is 60.4 Å². The van der Waals surface area contributed by atoms with Crippen LogP contribution < -0.4 is 0 Å². The van der Waals surface area contributed by atoms with Crippen molar-refractivity contribution < 1.29 is 14.3 Å². The third-order valence-corrected chi connectivity index (χ3v) is 2.53. The maximum Gasteiger partial charge on any atom is 0.303 e. The van der Waals surface area contributed by atoms with Gasteiger partial charge < -0.3 is 9.47 Å². The molecule has 19 heavy (non-hydrogen) atoms. The van der Waals surface area contributed by atoms with E-state index in [9.17, 15) is 4.79 Å². The summed E-state index contributed by atoms with van der Waals surface area (Å²) in [6, 6.07) is 9.86. The maximum absolute atomic E-state index is 11.2. The number of carbonyl (C=O) groups excluding carboxylic acids is 1. The monoisotopic (exact) mass is 260 g/mol. The molecule has 0 spiro atoms. The summed E-state index contributed by atoms with van der Waals surface area (Å²) in [5, 5.41) is 0. The van der Waals surface area contributed by atoms with Crippen molar-refractivity contribution in [2.45, 2.75) is 26.4 Å². The van der Waals surface area contributed by atoms with Crippen LogP contribution in [-0.2, 0) is 20.7 Å². The SMILES string of the molecule is C=C(/C=C\OCC)C(Cc1ccccc1)OC(C)=O. The van der Waals surface area contributed by atoms with E-state index < -0.39 is 0 Å². The number of carbonyl (C=O) groups is 1. The summed E-state index contributed by atoms with van der Waals surface area (Å²) in [5.74, 6) is -0.313. The zero-order chi connectivity index (χ0) is 14.1. The second-order valence-corrected chi connectivity index (χ2v) is 4.12. The van der Waals surface area contributed by atoms with Crippen LogP contribution >= 0.6 is 0 Å². The molecule has 0 radical (unpaired) electrons.